The van der Waals surface area contributed by atoms with Crippen molar-refractivity contribution in [2.45, 2.75) is 26.3 Å². The van der Waals surface area contributed by atoms with E-state index in [2.05, 4.69) is 4.98 Å². The molecule has 1 aromatic carbocycles. The number of aromatic nitrogens is 1. The van der Waals surface area contributed by atoms with Crippen LogP contribution in [0.4, 0.5) is 0 Å². The third kappa shape index (κ3) is 3.92. The Bertz CT molecular complexity index is 652. The highest BCUT2D eigenvalue weighted by atomic mass is 32.1. The first-order valence-electron chi connectivity index (χ1n) is 7.03. The highest BCUT2D eigenvalue weighted by Gasteiger charge is 2.22. The third-order valence-corrected chi connectivity index (χ3v) is 4.22. The Morgan fingerprint density at radius 1 is 1.27 bits per heavy atom. The van der Waals surface area contributed by atoms with Gasteiger partial charge >= 0.3 is 5.97 Å². The highest BCUT2D eigenvalue weighted by Crippen LogP contribution is 2.26. The average Bonchev–Trinajstić information content (AvgIpc) is 2.97. The molecule has 0 saturated carbocycles. The fourth-order valence-corrected chi connectivity index (χ4v) is 2.92. The summed E-state index contributed by atoms with van der Waals surface area (Å²) in [6.07, 6.45) is 1.50. The van der Waals surface area contributed by atoms with Crippen LogP contribution in [0.1, 0.15) is 29.9 Å². The zero-order valence-electron chi connectivity index (χ0n) is 12.5. The van der Waals surface area contributed by atoms with Gasteiger partial charge in [-0.2, -0.15) is 0 Å². The zero-order valence-corrected chi connectivity index (χ0v) is 13.3. The van der Waals surface area contributed by atoms with Crippen LogP contribution in [0.2, 0.25) is 0 Å². The van der Waals surface area contributed by atoms with E-state index >= 15 is 0 Å². The van der Waals surface area contributed by atoms with Gasteiger partial charge in [0, 0.05) is 18.2 Å². The summed E-state index contributed by atoms with van der Waals surface area (Å²) in [7, 11) is 0. The lowest BCUT2D eigenvalue weighted by Crippen LogP contribution is -2.38. The molecule has 1 heterocycles. The molecule has 0 aliphatic heterocycles. The summed E-state index contributed by atoms with van der Waals surface area (Å²) >= 11 is 1.32. The number of carboxylic acid groups (broad SMARTS) is 1. The molecule has 2 aromatic rings. The number of aliphatic carboxylic acids is 1. The topological polar surface area (TPSA) is 70.5 Å². The first-order valence-corrected chi connectivity index (χ1v) is 7.84. The molecule has 0 aliphatic carbocycles. The van der Waals surface area contributed by atoms with E-state index in [0.717, 1.165) is 10.6 Å². The molecule has 1 N–H and O–H groups in total. The normalized spacial score (nSPS) is 10.7. The standard InChI is InChI=1S/C16H18N2O3S/c1-11(2)18(9-8-14(19)20)16(21)13-10-17-15(22-13)12-6-4-3-5-7-12/h3-7,10-11H,8-9H2,1-2H3,(H,19,20). The minimum atomic E-state index is -0.910. The van der Waals surface area contributed by atoms with E-state index in [1.54, 1.807) is 11.1 Å². The number of nitrogens with zero attached hydrogens (tertiary/aromatic N) is 2. The number of hydrogen-bond donors (Lipinski definition) is 1. The monoisotopic (exact) mass is 318 g/mol. The minimum absolute atomic E-state index is 0.0610. The zero-order chi connectivity index (χ0) is 16.1. The number of hydrogen-bond acceptors (Lipinski definition) is 4. The second-order valence-electron chi connectivity index (χ2n) is 5.13. The van der Waals surface area contributed by atoms with E-state index in [0.29, 0.717) is 4.88 Å². The fraction of sp³-hybridized carbons (Fsp3) is 0.312. The summed E-state index contributed by atoms with van der Waals surface area (Å²) in [6.45, 7) is 3.95. The van der Waals surface area contributed by atoms with Crippen LogP contribution in [0.3, 0.4) is 0 Å². The lowest BCUT2D eigenvalue weighted by molar-refractivity contribution is -0.137. The molecule has 0 bridgehead atoms. The quantitative estimate of drug-likeness (QED) is 0.888. The lowest BCUT2D eigenvalue weighted by atomic mass is 10.2. The maximum Gasteiger partial charge on any atom is 0.305 e. The number of rotatable bonds is 6. The molecule has 0 saturated heterocycles. The van der Waals surface area contributed by atoms with Crippen molar-refractivity contribution in [2.24, 2.45) is 0 Å². The largest absolute Gasteiger partial charge is 0.481 e. The molecule has 6 heteroatoms. The van der Waals surface area contributed by atoms with Crippen LogP contribution in [0.5, 0.6) is 0 Å². The molecule has 0 fully saturated rings. The molecule has 1 aromatic heterocycles. The molecule has 116 valence electrons. The third-order valence-electron chi connectivity index (χ3n) is 3.19. The van der Waals surface area contributed by atoms with E-state index in [1.165, 1.54) is 11.3 Å². The minimum Gasteiger partial charge on any atom is -0.481 e. The van der Waals surface area contributed by atoms with Gasteiger partial charge in [0.1, 0.15) is 9.88 Å². The van der Waals surface area contributed by atoms with Crippen LogP contribution in [-0.2, 0) is 4.79 Å². The Balaban J connectivity index is 2.17. The number of carbonyl (C=O) groups excluding carboxylic acids is 1. The maximum atomic E-state index is 12.5. The second kappa shape index (κ2) is 7.17. The predicted octanol–water partition coefficient (Wildman–Crippen LogP) is 3.14. The molecule has 2 rings (SSSR count). The van der Waals surface area contributed by atoms with Crippen LogP contribution < -0.4 is 0 Å². The van der Waals surface area contributed by atoms with Crippen LogP contribution in [0, 0.1) is 0 Å². The van der Waals surface area contributed by atoms with Crippen molar-refractivity contribution in [3.05, 3.63) is 41.4 Å². The highest BCUT2D eigenvalue weighted by molar-refractivity contribution is 7.16. The Labute approximate surface area is 133 Å². The summed E-state index contributed by atoms with van der Waals surface area (Å²) in [6, 6.07) is 9.59. The smallest absolute Gasteiger partial charge is 0.305 e. The Hall–Kier alpha value is -2.21. The maximum absolute atomic E-state index is 12.5. The molecule has 0 spiro atoms. The molecule has 0 atom stereocenters. The molecule has 0 aliphatic rings. The number of benzene rings is 1. The Kier molecular flexibility index (Phi) is 5.27. The summed E-state index contributed by atoms with van der Waals surface area (Å²) in [4.78, 5) is 29.7. The molecule has 0 unspecified atom stereocenters. The van der Waals surface area contributed by atoms with Gasteiger partial charge in [0.05, 0.1) is 12.6 Å². The summed E-state index contributed by atoms with van der Waals surface area (Å²) in [5.74, 6) is -1.08. The van der Waals surface area contributed by atoms with Gasteiger partial charge in [-0.1, -0.05) is 30.3 Å². The fourth-order valence-electron chi connectivity index (χ4n) is 2.04. The summed E-state index contributed by atoms with van der Waals surface area (Å²) < 4.78 is 0. The van der Waals surface area contributed by atoms with Gasteiger partial charge in [-0.3, -0.25) is 9.59 Å². The molecule has 5 nitrogen and oxygen atoms in total. The van der Waals surface area contributed by atoms with Gasteiger partial charge in [0.25, 0.3) is 5.91 Å². The Morgan fingerprint density at radius 3 is 2.55 bits per heavy atom. The Morgan fingerprint density at radius 2 is 1.95 bits per heavy atom. The number of carboxylic acids is 1. The van der Waals surface area contributed by atoms with Crippen molar-refractivity contribution in [1.29, 1.82) is 0 Å². The van der Waals surface area contributed by atoms with E-state index < -0.39 is 5.97 Å². The number of thiazole rings is 1. The van der Waals surface area contributed by atoms with Crippen LogP contribution in [-0.4, -0.2) is 39.5 Å². The van der Waals surface area contributed by atoms with Gasteiger partial charge in [-0.15, -0.1) is 11.3 Å². The molecular weight excluding hydrogens is 300 g/mol. The first kappa shape index (κ1) is 16.2. The molecule has 0 radical (unpaired) electrons. The van der Waals surface area contributed by atoms with Crippen molar-refractivity contribution in [1.82, 2.24) is 9.88 Å². The molecular formula is C16H18N2O3S. The number of amides is 1. The van der Waals surface area contributed by atoms with Crippen molar-refractivity contribution in [3.8, 4) is 10.6 Å². The van der Waals surface area contributed by atoms with Crippen molar-refractivity contribution < 1.29 is 14.7 Å². The SMILES string of the molecule is CC(C)N(CCC(=O)O)C(=O)c1cnc(-c2ccccc2)s1. The van der Waals surface area contributed by atoms with Crippen molar-refractivity contribution in [3.63, 3.8) is 0 Å². The van der Waals surface area contributed by atoms with Gasteiger partial charge in [0.2, 0.25) is 0 Å². The van der Waals surface area contributed by atoms with Crippen molar-refractivity contribution >= 4 is 23.2 Å². The summed E-state index contributed by atoms with van der Waals surface area (Å²) in [5, 5.41) is 9.58. The van der Waals surface area contributed by atoms with Crippen LogP contribution >= 0.6 is 11.3 Å². The van der Waals surface area contributed by atoms with E-state index in [-0.39, 0.29) is 24.9 Å². The lowest BCUT2D eigenvalue weighted by Gasteiger charge is -2.25. The van der Waals surface area contributed by atoms with Gasteiger partial charge < -0.3 is 10.0 Å². The molecule has 22 heavy (non-hydrogen) atoms. The summed E-state index contributed by atoms with van der Waals surface area (Å²) in [5.41, 5.74) is 0.966. The second-order valence-corrected chi connectivity index (χ2v) is 6.16. The van der Waals surface area contributed by atoms with Crippen LogP contribution in [0.15, 0.2) is 36.5 Å². The first-order chi connectivity index (χ1) is 10.5. The van der Waals surface area contributed by atoms with E-state index in [1.807, 2.05) is 44.2 Å². The molecule has 1 amide bonds. The van der Waals surface area contributed by atoms with E-state index in [4.69, 9.17) is 5.11 Å². The van der Waals surface area contributed by atoms with Crippen molar-refractivity contribution in [2.75, 3.05) is 6.54 Å². The number of carbonyl (C=O) groups is 2. The van der Waals surface area contributed by atoms with E-state index in [9.17, 15) is 9.59 Å². The van der Waals surface area contributed by atoms with Gasteiger partial charge in [0.15, 0.2) is 0 Å². The predicted molar refractivity (Wildman–Crippen MR) is 86.0 cm³/mol. The average molecular weight is 318 g/mol. The van der Waals surface area contributed by atoms with Gasteiger partial charge in [-0.05, 0) is 13.8 Å². The van der Waals surface area contributed by atoms with Crippen LogP contribution in [0.25, 0.3) is 10.6 Å². The van der Waals surface area contributed by atoms with Gasteiger partial charge in [-0.25, -0.2) is 4.98 Å².